The molecule has 110 valence electrons. The van der Waals surface area contributed by atoms with E-state index in [2.05, 4.69) is 9.98 Å². The van der Waals surface area contributed by atoms with Gasteiger partial charge in [0.2, 0.25) is 0 Å². The van der Waals surface area contributed by atoms with Crippen LogP contribution in [0.4, 0.5) is 0 Å². The molecule has 0 saturated carbocycles. The van der Waals surface area contributed by atoms with Crippen LogP contribution in [0.15, 0.2) is 58.5 Å². The smallest absolute Gasteiger partial charge is 0.252 e. The van der Waals surface area contributed by atoms with Crippen molar-refractivity contribution in [2.24, 2.45) is 15.7 Å². The lowest BCUT2D eigenvalue weighted by molar-refractivity contribution is 0.0997. The Morgan fingerprint density at radius 1 is 1.14 bits per heavy atom. The zero-order valence-corrected chi connectivity index (χ0v) is 12.1. The number of benzene rings is 2. The predicted molar refractivity (Wildman–Crippen MR) is 85.9 cm³/mol. The Hall–Kier alpha value is -2.95. The molecule has 22 heavy (non-hydrogen) atoms. The molecule has 0 bridgehead atoms. The highest BCUT2D eigenvalue weighted by molar-refractivity contribution is 6.17. The number of aliphatic imine (C=N–C) groups is 2. The van der Waals surface area contributed by atoms with Crippen LogP contribution in [0, 0.1) is 0 Å². The summed E-state index contributed by atoms with van der Waals surface area (Å²) in [5.41, 5.74) is 8.44. The number of nitrogens with two attached hydrogens (primary N) is 1. The maximum Gasteiger partial charge on any atom is 0.252 e. The summed E-state index contributed by atoms with van der Waals surface area (Å²) in [5, 5.41) is 0. The van der Waals surface area contributed by atoms with Gasteiger partial charge in [-0.3, -0.25) is 9.79 Å². The molecular weight excluding hydrogens is 278 g/mol. The Bertz CT molecular complexity index is 780. The van der Waals surface area contributed by atoms with E-state index in [1.54, 1.807) is 18.2 Å². The molecular formula is C17H15N3O2. The Labute approximate surface area is 128 Å². The van der Waals surface area contributed by atoms with Gasteiger partial charge in [0, 0.05) is 5.56 Å². The molecule has 1 aliphatic rings. The third kappa shape index (κ3) is 2.61. The molecule has 5 heteroatoms. The van der Waals surface area contributed by atoms with Crippen LogP contribution in [0.5, 0.6) is 5.75 Å². The zero-order valence-electron chi connectivity index (χ0n) is 12.1. The molecule has 0 saturated heterocycles. The first-order valence-electron chi connectivity index (χ1n) is 6.84. The summed E-state index contributed by atoms with van der Waals surface area (Å²) in [4.78, 5) is 20.4. The van der Waals surface area contributed by atoms with Crippen LogP contribution >= 0.6 is 0 Å². The number of primary amides is 1. The Morgan fingerprint density at radius 3 is 2.59 bits per heavy atom. The van der Waals surface area contributed by atoms with Crippen LogP contribution in [-0.2, 0) is 0 Å². The van der Waals surface area contributed by atoms with E-state index in [0.29, 0.717) is 23.7 Å². The Balaban J connectivity index is 1.93. The van der Waals surface area contributed by atoms with E-state index in [9.17, 15) is 4.79 Å². The number of amides is 1. The Kier molecular flexibility index (Phi) is 3.70. The lowest BCUT2D eigenvalue weighted by Crippen LogP contribution is -2.13. The molecule has 0 aromatic heterocycles. The molecule has 2 N–H and O–H groups in total. The standard InChI is InChI=1S/C17H15N3O2/c1-22-15-9-12(7-8-13(15)16(18)21)17-19-10-14(20-17)11-5-3-2-4-6-11/h2-9H,10H2,1H3,(H2,18,21). The van der Waals surface area contributed by atoms with Crippen LogP contribution in [0.2, 0.25) is 0 Å². The van der Waals surface area contributed by atoms with Crippen molar-refractivity contribution in [3.63, 3.8) is 0 Å². The number of nitrogens with zero attached hydrogens (tertiary/aromatic N) is 2. The molecule has 3 rings (SSSR count). The van der Waals surface area contributed by atoms with Crippen LogP contribution in [0.1, 0.15) is 21.5 Å². The molecule has 1 heterocycles. The topological polar surface area (TPSA) is 77.0 Å². The average Bonchev–Trinajstić information content (AvgIpc) is 3.05. The monoisotopic (exact) mass is 293 g/mol. The van der Waals surface area contributed by atoms with Gasteiger partial charge in [-0.05, 0) is 17.7 Å². The van der Waals surface area contributed by atoms with E-state index in [1.165, 1.54) is 7.11 Å². The maximum atomic E-state index is 11.3. The first kappa shape index (κ1) is 14.0. The van der Waals surface area contributed by atoms with Gasteiger partial charge in [0.15, 0.2) is 5.84 Å². The van der Waals surface area contributed by atoms with Crippen molar-refractivity contribution < 1.29 is 9.53 Å². The quantitative estimate of drug-likeness (QED) is 0.936. The average molecular weight is 293 g/mol. The number of rotatable bonds is 4. The highest BCUT2D eigenvalue weighted by Gasteiger charge is 2.16. The van der Waals surface area contributed by atoms with Crippen molar-refractivity contribution in [3.05, 3.63) is 65.2 Å². The number of hydrogen-bond donors (Lipinski definition) is 1. The van der Waals surface area contributed by atoms with Crippen LogP contribution < -0.4 is 10.5 Å². The molecule has 1 aliphatic heterocycles. The lowest BCUT2D eigenvalue weighted by atomic mass is 10.1. The first-order chi connectivity index (χ1) is 10.7. The summed E-state index contributed by atoms with van der Waals surface area (Å²) in [6, 6.07) is 15.1. The summed E-state index contributed by atoms with van der Waals surface area (Å²) < 4.78 is 5.21. The molecule has 1 amide bonds. The third-order valence-electron chi connectivity index (χ3n) is 3.45. The van der Waals surface area contributed by atoms with Crippen molar-refractivity contribution in [3.8, 4) is 5.75 Å². The highest BCUT2D eigenvalue weighted by atomic mass is 16.5. The van der Waals surface area contributed by atoms with Gasteiger partial charge in [0.1, 0.15) is 5.75 Å². The predicted octanol–water partition coefficient (Wildman–Crippen LogP) is 2.04. The van der Waals surface area contributed by atoms with Crippen LogP contribution in [0.25, 0.3) is 0 Å². The van der Waals surface area contributed by atoms with Crippen molar-refractivity contribution >= 4 is 17.5 Å². The molecule has 2 aromatic carbocycles. The zero-order chi connectivity index (χ0) is 15.5. The largest absolute Gasteiger partial charge is 0.496 e. The maximum absolute atomic E-state index is 11.3. The molecule has 0 radical (unpaired) electrons. The van der Waals surface area contributed by atoms with Gasteiger partial charge in [0.05, 0.1) is 24.9 Å². The third-order valence-corrected chi connectivity index (χ3v) is 3.45. The second-order valence-electron chi connectivity index (χ2n) is 4.84. The van der Waals surface area contributed by atoms with E-state index in [1.807, 2.05) is 30.3 Å². The highest BCUT2D eigenvalue weighted by Crippen LogP contribution is 2.22. The van der Waals surface area contributed by atoms with Gasteiger partial charge < -0.3 is 10.5 Å². The lowest BCUT2D eigenvalue weighted by Gasteiger charge is -2.07. The molecule has 0 atom stereocenters. The molecule has 0 fully saturated rings. The van der Waals surface area contributed by atoms with Crippen molar-refractivity contribution in [2.75, 3.05) is 13.7 Å². The van der Waals surface area contributed by atoms with Gasteiger partial charge in [-0.15, -0.1) is 0 Å². The minimum absolute atomic E-state index is 0.345. The second-order valence-corrected chi connectivity index (χ2v) is 4.84. The number of carbonyl (C=O) groups is 1. The molecule has 5 nitrogen and oxygen atoms in total. The Morgan fingerprint density at radius 2 is 1.91 bits per heavy atom. The van der Waals surface area contributed by atoms with E-state index < -0.39 is 5.91 Å². The molecule has 0 unspecified atom stereocenters. The van der Waals surface area contributed by atoms with E-state index >= 15 is 0 Å². The van der Waals surface area contributed by atoms with Gasteiger partial charge in [-0.25, -0.2) is 4.99 Å². The fraction of sp³-hybridized carbons (Fsp3) is 0.118. The summed E-state index contributed by atoms with van der Waals surface area (Å²) in [5.74, 6) is 0.537. The summed E-state index contributed by atoms with van der Waals surface area (Å²) >= 11 is 0. The normalized spacial score (nSPS) is 13.5. The van der Waals surface area contributed by atoms with E-state index in [0.717, 1.165) is 16.8 Å². The van der Waals surface area contributed by atoms with Gasteiger partial charge in [-0.1, -0.05) is 36.4 Å². The number of amidine groups is 1. The van der Waals surface area contributed by atoms with Crippen molar-refractivity contribution in [1.29, 1.82) is 0 Å². The SMILES string of the molecule is COc1cc(C2=NCC(c3ccccc3)=N2)ccc1C(N)=O. The summed E-state index contributed by atoms with van der Waals surface area (Å²) in [6.45, 7) is 0.541. The van der Waals surface area contributed by atoms with E-state index in [4.69, 9.17) is 10.5 Å². The fourth-order valence-electron chi connectivity index (χ4n) is 2.32. The van der Waals surface area contributed by atoms with Crippen LogP contribution in [0.3, 0.4) is 0 Å². The number of methoxy groups -OCH3 is 1. The van der Waals surface area contributed by atoms with Gasteiger partial charge in [0.25, 0.3) is 5.91 Å². The van der Waals surface area contributed by atoms with E-state index in [-0.39, 0.29) is 0 Å². The van der Waals surface area contributed by atoms with Crippen LogP contribution in [-0.4, -0.2) is 31.1 Å². The van der Waals surface area contributed by atoms with Gasteiger partial charge >= 0.3 is 0 Å². The van der Waals surface area contributed by atoms with Gasteiger partial charge in [-0.2, -0.15) is 0 Å². The summed E-state index contributed by atoms with van der Waals surface area (Å²) in [6.07, 6.45) is 0. The van der Waals surface area contributed by atoms with Crippen molar-refractivity contribution in [2.45, 2.75) is 0 Å². The number of carbonyl (C=O) groups excluding carboxylic acids is 1. The van der Waals surface area contributed by atoms with Crippen molar-refractivity contribution in [1.82, 2.24) is 0 Å². The molecule has 0 aliphatic carbocycles. The molecule has 2 aromatic rings. The number of ether oxygens (including phenoxy) is 1. The minimum Gasteiger partial charge on any atom is -0.496 e. The second kappa shape index (κ2) is 5.81. The number of hydrogen-bond acceptors (Lipinski definition) is 4. The molecule has 0 spiro atoms. The first-order valence-corrected chi connectivity index (χ1v) is 6.84. The summed E-state index contributed by atoms with van der Waals surface area (Å²) in [7, 11) is 1.50. The minimum atomic E-state index is -0.523. The fourth-order valence-corrected chi connectivity index (χ4v) is 2.32.